The summed E-state index contributed by atoms with van der Waals surface area (Å²) in [6.07, 6.45) is 1.51. The molecular formula is C24H31N3O2. The van der Waals surface area contributed by atoms with Crippen LogP contribution in [0.1, 0.15) is 45.2 Å². The van der Waals surface area contributed by atoms with Crippen molar-refractivity contribution < 1.29 is 9.59 Å². The zero-order valence-electron chi connectivity index (χ0n) is 17.5. The molecule has 5 heteroatoms. The lowest BCUT2D eigenvalue weighted by Crippen LogP contribution is -2.52. The molecule has 0 radical (unpaired) electrons. The number of nitrogens with one attached hydrogen (secondary N) is 1. The molecule has 5 nitrogen and oxygen atoms in total. The summed E-state index contributed by atoms with van der Waals surface area (Å²) < 4.78 is 0. The number of hydrogen-bond acceptors (Lipinski definition) is 3. The predicted octanol–water partition coefficient (Wildman–Crippen LogP) is 3.51. The third-order valence-electron chi connectivity index (χ3n) is 5.72. The second kappa shape index (κ2) is 9.23. The lowest BCUT2D eigenvalue weighted by atomic mass is 10.0. The van der Waals surface area contributed by atoms with Crippen molar-refractivity contribution in [1.82, 2.24) is 10.2 Å². The van der Waals surface area contributed by atoms with Crippen LogP contribution in [0.2, 0.25) is 0 Å². The maximum Gasteiger partial charge on any atom is 0.243 e. The van der Waals surface area contributed by atoms with Gasteiger partial charge in [-0.2, -0.15) is 0 Å². The monoisotopic (exact) mass is 393 g/mol. The molecule has 3 N–H and O–H groups in total. The molecule has 0 aliphatic carbocycles. The molecule has 3 rings (SSSR count). The third-order valence-corrected chi connectivity index (χ3v) is 5.72. The number of carbonyl (C=O) groups excluding carboxylic acids is 2. The van der Waals surface area contributed by atoms with Crippen molar-refractivity contribution in [1.29, 1.82) is 0 Å². The molecule has 0 spiro atoms. The van der Waals surface area contributed by atoms with Gasteiger partial charge in [0.2, 0.25) is 11.8 Å². The van der Waals surface area contributed by atoms with E-state index in [1.54, 1.807) is 4.90 Å². The van der Waals surface area contributed by atoms with E-state index >= 15 is 0 Å². The Labute approximate surface area is 173 Å². The van der Waals surface area contributed by atoms with Crippen LogP contribution in [0, 0.1) is 5.92 Å². The van der Waals surface area contributed by atoms with Crippen molar-refractivity contribution in [3.05, 3.63) is 60.2 Å². The number of nitrogens with zero attached hydrogens (tertiary/aromatic N) is 1. The molecule has 3 atom stereocenters. The molecule has 29 heavy (non-hydrogen) atoms. The highest BCUT2D eigenvalue weighted by Crippen LogP contribution is 2.24. The van der Waals surface area contributed by atoms with Crippen LogP contribution in [0.25, 0.3) is 11.1 Å². The molecule has 2 aromatic carbocycles. The van der Waals surface area contributed by atoms with Gasteiger partial charge in [0.15, 0.2) is 0 Å². The van der Waals surface area contributed by atoms with Gasteiger partial charge < -0.3 is 16.0 Å². The number of hydrogen-bond donors (Lipinski definition) is 2. The van der Waals surface area contributed by atoms with Crippen LogP contribution in [0.15, 0.2) is 54.6 Å². The first-order valence-electron chi connectivity index (χ1n) is 10.4. The van der Waals surface area contributed by atoms with E-state index in [9.17, 15) is 9.59 Å². The first-order chi connectivity index (χ1) is 13.9. The van der Waals surface area contributed by atoms with Gasteiger partial charge in [-0.25, -0.2) is 0 Å². The summed E-state index contributed by atoms with van der Waals surface area (Å²) in [5.41, 5.74) is 9.37. The van der Waals surface area contributed by atoms with Crippen LogP contribution in [0.5, 0.6) is 0 Å². The highest BCUT2D eigenvalue weighted by molar-refractivity contribution is 5.90. The van der Waals surface area contributed by atoms with Crippen molar-refractivity contribution in [3.63, 3.8) is 0 Å². The van der Waals surface area contributed by atoms with E-state index in [-0.39, 0.29) is 23.8 Å². The normalized spacial score (nSPS) is 18.5. The van der Waals surface area contributed by atoms with Gasteiger partial charge in [0.1, 0.15) is 6.04 Å². The minimum absolute atomic E-state index is 0.0499. The minimum atomic E-state index is -0.564. The summed E-state index contributed by atoms with van der Waals surface area (Å²) in [7, 11) is 0. The fraction of sp³-hybridized carbons (Fsp3) is 0.417. The summed E-state index contributed by atoms with van der Waals surface area (Å²) in [6, 6.07) is 17.3. The Morgan fingerprint density at radius 1 is 1.00 bits per heavy atom. The van der Waals surface area contributed by atoms with Crippen molar-refractivity contribution in [3.8, 4) is 11.1 Å². The molecule has 1 fully saturated rings. The van der Waals surface area contributed by atoms with E-state index in [0.29, 0.717) is 13.0 Å². The fourth-order valence-electron chi connectivity index (χ4n) is 3.77. The molecule has 0 aromatic heterocycles. The summed E-state index contributed by atoms with van der Waals surface area (Å²) in [6.45, 7) is 6.41. The largest absolute Gasteiger partial charge is 0.348 e. The van der Waals surface area contributed by atoms with E-state index in [1.807, 2.05) is 51.1 Å². The average molecular weight is 394 g/mol. The first-order valence-corrected chi connectivity index (χ1v) is 10.4. The number of benzene rings is 2. The van der Waals surface area contributed by atoms with Gasteiger partial charge >= 0.3 is 0 Å². The molecule has 1 saturated heterocycles. The zero-order valence-corrected chi connectivity index (χ0v) is 17.5. The predicted molar refractivity (Wildman–Crippen MR) is 116 cm³/mol. The van der Waals surface area contributed by atoms with Gasteiger partial charge in [0, 0.05) is 6.54 Å². The zero-order chi connectivity index (χ0) is 21.0. The van der Waals surface area contributed by atoms with Gasteiger partial charge in [-0.1, -0.05) is 68.4 Å². The summed E-state index contributed by atoms with van der Waals surface area (Å²) in [5.74, 6) is -0.183. The summed E-state index contributed by atoms with van der Waals surface area (Å²) in [5, 5.41) is 3.08. The van der Waals surface area contributed by atoms with Gasteiger partial charge in [0.25, 0.3) is 0 Å². The fourth-order valence-corrected chi connectivity index (χ4v) is 3.77. The second-order valence-electron chi connectivity index (χ2n) is 8.18. The Balaban J connectivity index is 1.64. The molecule has 3 unspecified atom stereocenters. The Morgan fingerprint density at radius 2 is 1.62 bits per heavy atom. The van der Waals surface area contributed by atoms with Crippen LogP contribution in [-0.4, -0.2) is 35.3 Å². The van der Waals surface area contributed by atoms with E-state index in [4.69, 9.17) is 5.73 Å². The lowest BCUT2D eigenvalue weighted by molar-refractivity contribution is -0.140. The van der Waals surface area contributed by atoms with Crippen LogP contribution < -0.4 is 11.1 Å². The van der Waals surface area contributed by atoms with Gasteiger partial charge in [-0.3, -0.25) is 9.59 Å². The highest BCUT2D eigenvalue weighted by atomic mass is 16.2. The highest BCUT2D eigenvalue weighted by Gasteiger charge is 2.37. The molecule has 0 saturated carbocycles. The SMILES string of the molecule is CC(NC(=O)C1CCCN1C(=O)C(N)C(C)C)c1ccc(-c2ccccc2)cc1. The maximum absolute atomic E-state index is 12.9. The molecule has 154 valence electrons. The number of rotatable bonds is 6. The van der Waals surface area contributed by atoms with Gasteiger partial charge in [0.05, 0.1) is 12.1 Å². The Morgan fingerprint density at radius 3 is 2.24 bits per heavy atom. The Kier molecular flexibility index (Phi) is 6.70. The van der Waals surface area contributed by atoms with Crippen molar-refractivity contribution in [2.75, 3.05) is 6.54 Å². The van der Waals surface area contributed by atoms with E-state index in [2.05, 4.69) is 29.6 Å². The maximum atomic E-state index is 12.9. The number of amides is 2. The standard InChI is InChI=1S/C24H31N3O2/c1-16(2)22(25)24(29)27-15-7-10-21(27)23(28)26-17(3)18-11-13-20(14-12-18)19-8-5-4-6-9-19/h4-6,8-9,11-14,16-17,21-22H,7,10,15,25H2,1-3H3,(H,26,28). The Hall–Kier alpha value is -2.66. The summed E-state index contributed by atoms with van der Waals surface area (Å²) in [4.78, 5) is 27.2. The molecule has 2 aromatic rings. The molecule has 2 amide bonds. The molecular weight excluding hydrogens is 362 g/mol. The average Bonchev–Trinajstić information content (AvgIpc) is 3.23. The molecule has 1 aliphatic rings. The number of nitrogens with two attached hydrogens (primary N) is 1. The summed E-state index contributed by atoms with van der Waals surface area (Å²) >= 11 is 0. The van der Waals surface area contributed by atoms with Gasteiger partial charge in [-0.05, 0) is 42.4 Å². The molecule has 0 bridgehead atoms. The van der Waals surface area contributed by atoms with Crippen LogP contribution in [0.4, 0.5) is 0 Å². The van der Waals surface area contributed by atoms with Crippen molar-refractivity contribution in [2.24, 2.45) is 11.7 Å². The van der Waals surface area contributed by atoms with Crippen molar-refractivity contribution in [2.45, 2.75) is 51.7 Å². The van der Waals surface area contributed by atoms with Crippen LogP contribution in [0.3, 0.4) is 0 Å². The number of carbonyl (C=O) groups is 2. The molecule has 1 aliphatic heterocycles. The molecule has 1 heterocycles. The van der Waals surface area contributed by atoms with E-state index in [1.165, 1.54) is 0 Å². The topological polar surface area (TPSA) is 75.4 Å². The van der Waals surface area contributed by atoms with E-state index < -0.39 is 12.1 Å². The van der Waals surface area contributed by atoms with Crippen molar-refractivity contribution >= 4 is 11.8 Å². The smallest absolute Gasteiger partial charge is 0.243 e. The number of likely N-dealkylation sites (tertiary alicyclic amines) is 1. The Bertz CT molecular complexity index is 833. The first kappa shape index (κ1) is 21.1. The quantitative estimate of drug-likeness (QED) is 0.789. The van der Waals surface area contributed by atoms with E-state index in [0.717, 1.165) is 23.1 Å². The van der Waals surface area contributed by atoms with Crippen LogP contribution in [-0.2, 0) is 9.59 Å². The van der Waals surface area contributed by atoms with Crippen LogP contribution >= 0.6 is 0 Å². The third kappa shape index (κ3) is 4.85. The van der Waals surface area contributed by atoms with Gasteiger partial charge in [-0.15, -0.1) is 0 Å². The second-order valence-corrected chi connectivity index (χ2v) is 8.18. The lowest BCUT2D eigenvalue weighted by Gasteiger charge is -2.29. The minimum Gasteiger partial charge on any atom is -0.348 e.